The van der Waals surface area contributed by atoms with Gasteiger partial charge in [0.2, 0.25) is 11.2 Å². The molecule has 4 heterocycles. The van der Waals surface area contributed by atoms with Crippen LogP contribution in [0.2, 0.25) is 15.3 Å². The van der Waals surface area contributed by atoms with Crippen molar-refractivity contribution >= 4 is 123 Å². The number of ether oxygens (including phenoxy) is 2. The van der Waals surface area contributed by atoms with Crippen LogP contribution in [0.25, 0.3) is 0 Å². The summed E-state index contributed by atoms with van der Waals surface area (Å²) in [5.41, 5.74) is 8.91. The molecule has 0 bridgehead atoms. The van der Waals surface area contributed by atoms with E-state index >= 15 is 4.39 Å². The molecule has 87 heavy (non-hydrogen) atoms. The van der Waals surface area contributed by atoms with Gasteiger partial charge >= 0.3 is 11.9 Å². The highest BCUT2D eigenvalue weighted by atomic mass is 35.5. The summed E-state index contributed by atoms with van der Waals surface area (Å²) in [6.45, 7) is 21.5. The second-order valence-electron chi connectivity index (χ2n) is 26.3. The van der Waals surface area contributed by atoms with E-state index in [2.05, 4.69) is 45.7 Å². The zero-order chi connectivity index (χ0) is 63.3. The van der Waals surface area contributed by atoms with Gasteiger partial charge in [-0.05, 0) is 214 Å². The minimum Gasteiger partial charge on any atom is -0.460 e. The number of piperidine rings is 2. The number of aromatic nitrogens is 4. The number of benzene rings is 4. The first-order valence-electron chi connectivity index (χ1n) is 29.3. The molecule has 5 N–H and O–H groups in total. The summed E-state index contributed by atoms with van der Waals surface area (Å²) in [6.07, 6.45) is 12.2. The Morgan fingerprint density at radius 3 is 1.45 bits per heavy atom. The predicted molar refractivity (Wildman–Crippen MR) is 351 cm³/mol. The summed E-state index contributed by atoms with van der Waals surface area (Å²) < 4.78 is 65.3. The van der Waals surface area contributed by atoms with Crippen LogP contribution in [-0.2, 0) is 28.2 Å². The van der Waals surface area contributed by atoms with Gasteiger partial charge in [-0.25, -0.2) is 18.7 Å². The molecule has 6 aromatic rings. The highest BCUT2D eigenvalue weighted by Gasteiger charge is 2.48. The molecule has 2 aliphatic carbocycles. The third kappa shape index (κ3) is 18.5. The third-order valence-corrected chi connectivity index (χ3v) is 19.9. The second-order valence-corrected chi connectivity index (χ2v) is 33.8. The summed E-state index contributed by atoms with van der Waals surface area (Å²) in [6, 6.07) is 24.6. The van der Waals surface area contributed by atoms with Gasteiger partial charge in [0, 0.05) is 61.0 Å². The van der Waals surface area contributed by atoms with E-state index in [-0.39, 0.29) is 40.2 Å². The number of rotatable bonds is 14. The topological polar surface area (TPSA) is 207 Å². The molecule has 2 aromatic heterocycles. The van der Waals surface area contributed by atoms with Crippen LogP contribution < -0.4 is 42.1 Å². The summed E-state index contributed by atoms with van der Waals surface area (Å²) >= 11 is 18.1. The maximum absolute atomic E-state index is 15.3. The second kappa shape index (κ2) is 27.4. The van der Waals surface area contributed by atoms with E-state index in [1.54, 1.807) is 44.9 Å². The van der Waals surface area contributed by atoms with Gasteiger partial charge in [-0.1, -0.05) is 47.5 Å². The van der Waals surface area contributed by atoms with E-state index in [9.17, 15) is 23.1 Å². The van der Waals surface area contributed by atoms with Crippen LogP contribution in [0.3, 0.4) is 0 Å². The van der Waals surface area contributed by atoms with Crippen LogP contribution >= 0.6 is 49.1 Å². The van der Waals surface area contributed by atoms with Crippen LogP contribution in [0.5, 0.6) is 0 Å². The molecule has 0 radical (unpaired) electrons. The Balaban J connectivity index is 0.000000188. The first-order valence-corrected chi connectivity index (χ1v) is 35.7. The number of carbonyl (C=O) groups is 2. The monoisotopic (exact) mass is 1290 g/mol. The number of nitrogens with zero attached hydrogens (tertiary/aromatic N) is 6. The number of esters is 2. The molecule has 2 aliphatic heterocycles. The van der Waals surface area contributed by atoms with Crippen molar-refractivity contribution in [3.05, 3.63) is 124 Å². The summed E-state index contributed by atoms with van der Waals surface area (Å²) in [5, 5.41) is 11.5. The van der Waals surface area contributed by atoms with Gasteiger partial charge in [-0.2, -0.15) is 9.97 Å². The average Bonchev–Trinajstić information content (AvgIpc) is 1.04. The lowest BCUT2D eigenvalue weighted by Gasteiger charge is -2.52. The van der Waals surface area contributed by atoms with Crippen molar-refractivity contribution in [3.63, 3.8) is 0 Å². The van der Waals surface area contributed by atoms with Crippen LogP contribution in [0.1, 0.15) is 106 Å². The Bertz CT molecular complexity index is 3530. The van der Waals surface area contributed by atoms with Gasteiger partial charge in [0.15, 0.2) is 11.6 Å². The number of para-hydroxylation sites is 2. The van der Waals surface area contributed by atoms with Gasteiger partial charge in [0.1, 0.15) is 47.2 Å². The fourth-order valence-electron chi connectivity index (χ4n) is 12.2. The normalized spacial score (nSPS) is 17.3. The zero-order valence-electron chi connectivity index (χ0n) is 51.3. The highest BCUT2D eigenvalue weighted by molar-refractivity contribution is 7.70. The van der Waals surface area contributed by atoms with Gasteiger partial charge in [0.05, 0.1) is 35.1 Å². The van der Waals surface area contributed by atoms with Crippen molar-refractivity contribution in [1.82, 2.24) is 19.9 Å². The lowest BCUT2D eigenvalue weighted by Crippen LogP contribution is -2.48. The van der Waals surface area contributed by atoms with E-state index < -0.39 is 25.5 Å². The Hall–Kier alpha value is -6.03. The Labute approximate surface area is 525 Å². The van der Waals surface area contributed by atoms with Gasteiger partial charge in [0.25, 0.3) is 0 Å². The Morgan fingerprint density at radius 2 is 1.02 bits per heavy atom. The maximum Gasteiger partial charge on any atom is 0.306 e. The minimum atomic E-state index is -2.54. The molecule has 0 unspecified atom stereocenters. The van der Waals surface area contributed by atoms with Crippen molar-refractivity contribution in [2.24, 2.45) is 22.7 Å². The summed E-state index contributed by atoms with van der Waals surface area (Å²) in [5.74, 6) is 1.04. The SMILES string of the molecule is CC(C)(C)OC(=O)CC1CC2(CCN(c3ccc(N)cc3F)CC2)C1.CC(C)(C)OC(=O)CC1CC2(CCN(c3ccc(Nc4ncc(Cl)c(Nc5ccccc5P(C)(C)=O)n4)cc3F)CC2)C1.CP(C)(=O)c1ccccc1Nc1nc(Cl)ncc1Cl. The molecule has 23 heteroatoms. The molecule has 0 atom stereocenters. The highest BCUT2D eigenvalue weighted by Crippen LogP contribution is 2.56. The third-order valence-electron chi connectivity index (χ3n) is 16.1. The van der Waals surface area contributed by atoms with Crippen LogP contribution in [0.15, 0.2) is 97.3 Å². The number of hydrogen-bond donors (Lipinski definition) is 4. The molecule has 0 amide bonds. The molecular formula is C64H81Cl3F2N10O6P2. The molecule has 468 valence electrons. The van der Waals surface area contributed by atoms with E-state index in [4.69, 9.17) is 50.0 Å². The van der Waals surface area contributed by atoms with Gasteiger partial charge < -0.3 is 50.1 Å². The van der Waals surface area contributed by atoms with Crippen LogP contribution in [-0.4, -0.2) is 95.9 Å². The Morgan fingerprint density at radius 1 is 0.609 bits per heavy atom. The fourth-order valence-corrected chi connectivity index (χ4v) is 14.9. The Kier molecular flexibility index (Phi) is 21.1. The average molecular weight is 1290 g/mol. The molecule has 2 saturated carbocycles. The molecular weight excluding hydrogens is 1210 g/mol. The summed E-state index contributed by atoms with van der Waals surface area (Å²) in [7, 11) is -4.95. The smallest absolute Gasteiger partial charge is 0.306 e. The molecule has 4 fully saturated rings. The van der Waals surface area contributed by atoms with E-state index in [1.807, 2.05) is 96.1 Å². The molecule has 10 rings (SSSR count). The standard InChI is InChI=1S/C32H40ClFN5O3P.C20H29FN2O2.C12H12Cl2N3OP/c1-31(2,3)42-28(40)16-21-18-32(19-21)12-14-39(15-13-32)26-11-10-22(17-24(26)34)36-30-35-20-23(33)29(38-30)37-25-8-6-7-9-27(25)43(4,5)41;1-19(2,3)25-18(24)10-14-12-20(13-14)6-8-23(9-7-20)17-5-4-15(22)11-16(17)21;1-19(2,18)10-6-4-3-5-9(10)16-11-8(13)7-15-12(14)17-11/h6-11,17,20-21H,12-16,18-19H2,1-5H3,(H2,35,36,37,38);4-5,11,14H,6-10,12-13,22H2,1-3H3;3-7H,1-2H3,(H,15,16,17). The van der Waals surface area contributed by atoms with Crippen molar-refractivity contribution in [1.29, 1.82) is 0 Å². The molecule has 2 spiro atoms. The van der Waals surface area contributed by atoms with E-state index in [0.717, 1.165) is 82.9 Å². The van der Waals surface area contributed by atoms with Crippen molar-refractivity contribution in [3.8, 4) is 0 Å². The maximum atomic E-state index is 15.3. The first kappa shape index (κ1) is 66.9. The number of nitrogen functional groups attached to an aromatic ring is 1. The predicted octanol–water partition coefficient (Wildman–Crippen LogP) is 15.6. The number of nitrogens with one attached hydrogen (secondary N) is 3. The largest absolute Gasteiger partial charge is 0.460 e. The van der Waals surface area contributed by atoms with Gasteiger partial charge in [-0.15, -0.1) is 0 Å². The quantitative estimate of drug-likeness (QED) is 0.0346. The molecule has 2 saturated heterocycles. The van der Waals surface area contributed by atoms with Gasteiger partial charge in [-0.3, -0.25) is 9.59 Å². The van der Waals surface area contributed by atoms with Crippen LogP contribution in [0, 0.1) is 34.3 Å². The number of carbonyl (C=O) groups excluding carboxylic acids is 2. The van der Waals surface area contributed by atoms with Crippen molar-refractivity contribution in [2.75, 3.05) is 84.3 Å². The number of anilines is 9. The fraction of sp³-hybridized carbons (Fsp3) is 0.469. The van der Waals surface area contributed by atoms with Crippen LogP contribution in [0.4, 0.5) is 60.5 Å². The lowest BCUT2D eigenvalue weighted by atomic mass is 9.57. The summed E-state index contributed by atoms with van der Waals surface area (Å²) in [4.78, 5) is 44.9. The minimum absolute atomic E-state index is 0.0891. The lowest BCUT2D eigenvalue weighted by molar-refractivity contribution is -0.159. The first-order chi connectivity index (χ1) is 40.7. The van der Waals surface area contributed by atoms with E-state index in [1.165, 1.54) is 24.5 Å². The number of hydrogen-bond acceptors (Lipinski definition) is 16. The molecule has 4 aliphatic rings. The van der Waals surface area contributed by atoms with E-state index in [0.29, 0.717) is 91.2 Å². The molecule has 4 aromatic carbocycles. The van der Waals surface area contributed by atoms with Crippen molar-refractivity contribution < 1.29 is 37.0 Å². The number of halogens is 5. The molecule has 16 nitrogen and oxygen atoms in total. The van der Waals surface area contributed by atoms with Crippen molar-refractivity contribution in [2.45, 2.75) is 117 Å². The zero-order valence-corrected chi connectivity index (χ0v) is 55.3. The number of nitrogens with two attached hydrogens (primary N) is 1.